The lowest BCUT2D eigenvalue weighted by Gasteiger charge is -2.34. The van der Waals surface area contributed by atoms with Crippen LogP contribution in [-0.2, 0) is 4.74 Å². The van der Waals surface area contributed by atoms with Crippen LogP contribution < -0.4 is 5.32 Å². The molecule has 0 bridgehead atoms. The summed E-state index contributed by atoms with van der Waals surface area (Å²) in [6.07, 6.45) is 3.78. The zero-order valence-electron chi connectivity index (χ0n) is 12.1. The molecular formula is C16H21ClN2O2. The molecule has 2 aliphatic rings. The highest BCUT2D eigenvalue weighted by Crippen LogP contribution is 2.20. The predicted octanol–water partition coefficient (Wildman–Crippen LogP) is 2.32. The summed E-state index contributed by atoms with van der Waals surface area (Å²) in [4.78, 5) is 14.8. The average Bonchev–Trinajstić information content (AvgIpc) is 2.96. The Balaban J connectivity index is 1.66. The molecule has 1 aromatic rings. The van der Waals surface area contributed by atoms with E-state index in [1.54, 1.807) is 12.1 Å². The van der Waals surface area contributed by atoms with E-state index in [9.17, 15) is 4.79 Å². The molecule has 1 aromatic carbocycles. The predicted molar refractivity (Wildman–Crippen MR) is 82.7 cm³/mol. The van der Waals surface area contributed by atoms with Crippen molar-refractivity contribution in [1.82, 2.24) is 10.2 Å². The first-order valence-electron chi connectivity index (χ1n) is 7.63. The maximum absolute atomic E-state index is 12.4. The van der Waals surface area contributed by atoms with E-state index in [4.69, 9.17) is 16.3 Å². The van der Waals surface area contributed by atoms with Gasteiger partial charge >= 0.3 is 0 Å². The van der Waals surface area contributed by atoms with Crippen LogP contribution in [0.5, 0.6) is 0 Å². The lowest BCUT2D eigenvalue weighted by atomic mass is 10.0. The maximum Gasteiger partial charge on any atom is 0.253 e. The number of halogens is 1. The summed E-state index contributed by atoms with van der Waals surface area (Å²) < 4.78 is 5.60. The van der Waals surface area contributed by atoms with Gasteiger partial charge in [0.05, 0.1) is 35.9 Å². The van der Waals surface area contributed by atoms with Crippen LogP contribution in [0.2, 0.25) is 5.02 Å². The second kappa shape index (κ2) is 6.77. The van der Waals surface area contributed by atoms with Crippen molar-refractivity contribution >= 4 is 17.5 Å². The summed E-state index contributed by atoms with van der Waals surface area (Å²) in [6.45, 7) is 3.49. The Morgan fingerprint density at radius 1 is 1.19 bits per heavy atom. The molecule has 4 nitrogen and oxygen atoms in total. The topological polar surface area (TPSA) is 41.6 Å². The zero-order chi connectivity index (χ0) is 14.7. The molecule has 1 amide bonds. The van der Waals surface area contributed by atoms with Gasteiger partial charge < -0.3 is 10.1 Å². The molecule has 0 aromatic heterocycles. The Morgan fingerprint density at radius 2 is 1.95 bits per heavy atom. The number of rotatable bonds is 3. The van der Waals surface area contributed by atoms with E-state index in [-0.39, 0.29) is 18.0 Å². The lowest BCUT2D eigenvalue weighted by molar-refractivity contribution is 0.0900. The largest absolute Gasteiger partial charge is 0.378 e. The van der Waals surface area contributed by atoms with Crippen LogP contribution in [0.1, 0.15) is 29.6 Å². The molecule has 3 rings (SSSR count). The van der Waals surface area contributed by atoms with Crippen LogP contribution in [0.15, 0.2) is 24.3 Å². The Hall–Kier alpha value is -1.10. The van der Waals surface area contributed by atoms with Crippen molar-refractivity contribution in [3.63, 3.8) is 0 Å². The Morgan fingerprint density at radius 3 is 2.71 bits per heavy atom. The third-order valence-electron chi connectivity index (χ3n) is 4.35. The van der Waals surface area contributed by atoms with Gasteiger partial charge in [-0.05, 0) is 38.1 Å². The number of likely N-dealkylation sites (tertiary alicyclic amines) is 1. The molecule has 0 aliphatic carbocycles. The van der Waals surface area contributed by atoms with Crippen LogP contribution >= 0.6 is 11.6 Å². The molecule has 2 heterocycles. The Bertz CT molecular complexity index is 503. The summed E-state index contributed by atoms with van der Waals surface area (Å²) in [5.41, 5.74) is 0.531. The number of ether oxygens (including phenoxy) is 1. The number of carbonyl (C=O) groups is 1. The summed E-state index contributed by atoms with van der Waals surface area (Å²) in [6, 6.07) is 7.48. The average molecular weight is 309 g/mol. The van der Waals surface area contributed by atoms with Crippen molar-refractivity contribution in [3.8, 4) is 0 Å². The molecule has 0 saturated carbocycles. The van der Waals surface area contributed by atoms with E-state index in [0.29, 0.717) is 23.8 Å². The van der Waals surface area contributed by atoms with Gasteiger partial charge in [0.15, 0.2) is 0 Å². The molecule has 0 unspecified atom stereocenters. The number of nitrogens with one attached hydrogen (secondary N) is 1. The number of hydrogen-bond donors (Lipinski definition) is 1. The zero-order valence-corrected chi connectivity index (χ0v) is 12.8. The Labute approximate surface area is 130 Å². The molecule has 2 atom stereocenters. The van der Waals surface area contributed by atoms with Crippen molar-refractivity contribution in [2.75, 3.05) is 26.3 Å². The van der Waals surface area contributed by atoms with Crippen LogP contribution in [0, 0.1) is 0 Å². The van der Waals surface area contributed by atoms with Crippen molar-refractivity contribution < 1.29 is 9.53 Å². The minimum Gasteiger partial charge on any atom is -0.378 e. The van der Waals surface area contributed by atoms with Crippen molar-refractivity contribution in [1.29, 1.82) is 0 Å². The fourth-order valence-corrected chi connectivity index (χ4v) is 3.40. The highest BCUT2D eigenvalue weighted by molar-refractivity contribution is 6.33. The molecule has 0 radical (unpaired) electrons. The quantitative estimate of drug-likeness (QED) is 0.932. The second-order valence-corrected chi connectivity index (χ2v) is 6.17. The minimum absolute atomic E-state index is 0.0480. The first-order valence-corrected chi connectivity index (χ1v) is 8.00. The van der Waals surface area contributed by atoms with E-state index in [1.165, 1.54) is 19.3 Å². The maximum atomic E-state index is 12.4. The fourth-order valence-electron chi connectivity index (χ4n) is 3.18. The third-order valence-corrected chi connectivity index (χ3v) is 4.67. The van der Waals surface area contributed by atoms with Crippen LogP contribution in [0.3, 0.4) is 0 Å². The summed E-state index contributed by atoms with van der Waals surface area (Å²) >= 11 is 6.09. The van der Waals surface area contributed by atoms with Gasteiger partial charge in [-0.25, -0.2) is 0 Å². The van der Waals surface area contributed by atoms with Gasteiger partial charge in [0.2, 0.25) is 0 Å². The Kier molecular flexibility index (Phi) is 4.78. The number of benzene rings is 1. The van der Waals surface area contributed by atoms with Gasteiger partial charge in [0, 0.05) is 0 Å². The smallest absolute Gasteiger partial charge is 0.253 e. The molecule has 2 aliphatic heterocycles. The first kappa shape index (κ1) is 14.8. The number of hydrogen-bond acceptors (Lipinski definition) is 3. The van der Waals surface area contributed by atoms with Gasteiger partial charge in [-0.2, -0.15) is 0 Å². The SMILES string of the molecule is O=C(N[C@H]1COC[C@@H]1N1CCCCC1)c1ccccc1Cl. The van der Waals surface area contributed by atoms with E-state index >= 15 is 0 Å². The fraction of sp³-hybridized carbons (Fsp3) is 0.562. The van der Waals surface area contributed by atoms with Crippen LogP contribution in [-0.4, -0.2) is 49.2 Å². The van der Waals surface area contributed by atoms with Gasteiger partial charge in [-0.15, -0.1) is 0 Å². The molecule has 1 N–H and O–H groups in total. The van der Waals surface area contributed by atoms with Gasteiger partial charge in [-0.1, -0.05) is 30.2 Å². The minimum atomic E-state index is -0.113. The molecule has 5 heteroatoms. The van der Waals surface area contributed by atoms with Crippen molar-refractivity contribution in [2.45, 2.75) is 31.3 Å². The van der Waals surface area contributed by atoms with E-state index in [0.717, 1.165) is 13.1 Å². The third kappa shape index (κ3) is 3.39. The molecule has 2 fully saturated rings. The number of amides is 1. The normalized spacial score (nSPS) is 26.7. The number of piperidine rings is 1. The highest BCUT2D eigenvalue weighted by Gasteiger charge is 2.34. The van der Waals surface area contributed by atoms with Crippen LogP contribution in [0.25, 0.3) is 0 Å². The van der Waals surface area contributed by atoms with Crippen LogP contribution in [0.4, 0.5) is 0 Å². The molecule has 21 heavy (non-hydrogen) atoms. The highest BCUT2D eigenvalue weighted by atomic mass is 35.5. The summed E-state index contributed by atoms with van der Waals surface area (Å²) in [5, 5.41) is 3.58. The molecule has 114 valence electrons. The number of carbonyl (C=O) groups excluding carboxylic acids is 1. The number of nitrogens with zero attached hydrogens (tertiary/aromatic N) is 1. The van der Waals surface area contributed by atoms with Crippen molar-refractivity contribution in [2.24, 2.45) is 0 Å². The van der Waals surface area contributed by atoms with Gasteiger partial charge in [0.1, 0.15) is 0 Å². The van der Waals surface area contributed by atoms with E-state index in [1.807, 2.05) is 12.1 Å². The van der Waals surface area contributed by atoms with Crippen molar-refractivity contribution in [3.05, 3.63) is 34.9 Å². The lowest BCUT2D eigenvalue weighted by Crippen LogP contribution is -2.52. The second-order valence-electron chi connectivity index (χ2n) is 5.76. The monoisotopic (exact) mass is 308 g/mol. The van der Waals surface area contributed by atoms with E-state index < -0.39 is 0 Å². The summed E-state index contributed by atoms with van der Waals surface area (Å²) in [7, 11) is 0. The molecule has 2 saturated heterocycles. The molecule has 0 spiro atoms. The first-order chi connectivity index (χ1) is 10.3. The van der Waals surface area contributed by atoms with Gasteiger partial charge in [0.25, 0.3) is 5.91 Å². The summed E-state index contributed by atoms with van der Waals surface area (Å²) in [5.74, 6) is -0.113. The molecular weight excluding hydrogens is 288 g/mol. The standard InChI is InChI=1S/C16H21ClN2O2/c17-13-7-3-2-6-12(13)16(20)18-14-10-21-11-15(14)19-8-4-1-5-9-19/h2-3,6-7,14-15H,1,4-5,8-11H2,(H,18,20)/t14-,15-/m0/s1. The van der Waals surface area contributed by atoms with E-state index in [2.05, 4.69) is 10.2 Å². The van der Waals surface area contributed by atoms with Gasteiger partial charge in [-0.3, -0.25) is 9.69 Å².